The van der Waals surface area contributed by atoms with Crippen LogP contribution in [0.4, 0.5) is 0 Å². The Balaban J connectivity index is 1.81. The molecule has 2 unspecified atom stereocenters. The predicted octanol–water partition coefficient (Wildman–Crippen LogP) is 5.18. The standard InChI is InChI=1S/C20H25N/c1-20(2)14-6-9-18(20)19(21)17-12-10-16(11-13-17)15-7-4-3-5-8-15/h3-5,7-8,10-13,18-19H,6,9,14,21H2,1-2H3. The van der Waals surface area contributed by atoms with Gasteiger partial charge in [-0.3, -0.25) is 0 Å². The highest BCUT2D eigenvalue weighted by Gasteiger charge is 2.38. The number of nitrogens with two attached hydrogens (primary N) is 1. The molecule has 0 aliphatic heterocycles. The number of hydrogen-bond donors (Lipinski definition) is 1. The average molecular weight is 279 g/mol. The Kier molecular flexibility index (Phi) is 3.86. The van der Waals surface area contributed by atoms with Crippen LogP contribution in [0.15, 0.2) is 54.6 Å². The molecule has 2 aromatic carbocycles. The first-order valence-corrected chi connectivity index (χ1v) is 7.99. The summed E-state index contributed by atoms with van der Waals surface area (Å²) in [6.07, 6.45) is 3.87. The number of benzene rings is 2. The second-order valence-corrected chi connectivity index (χ2v) is 7.00. The molecular formula is C20H25N. The van der Waals surface area contributed by atoms with E-state index in [0.717, 1.165) is 0 Å². The highest BCUT2D eigenvalue weighted by molar-refractivity contribution is 5.63. The van der Waals surface area contributed by atoms with Gasteiger partial charge in [0, 0.05) is 6.04 Å². The van der Waals surface area contributed by atoms with Crippen LogP contribution in [-0.2, 0) is 0 Å². The summed E-state index contributed by atoms with van der Waals surface area (Å²) in [7, 11) is 0. The Morgan fingerprint density at radius 2 is 1.57 bits per heavy atom. The maximum atomic E-state index is 6.56. The third-order valence-electron chi connectivity index (χ3n) is 5.18. The van der Waals surface area contributed by atoms with E-state index in [2.05, 4.69) is 68.4 Å². The lowest BCUT2D eigenvalue weighted by atomic mass is 9.76. The van der Waals surface area contributed by atoms with Gasteiger partial charge in [-0.25, -0.2) is 0 Å². The van der Waals surface area contributed by atoms with Crippen LogP contribution < -0.4 is 5.73 Å². The second kappa shape index (κ2) is 5.65. The Hall–Kier alpha value is -1.60. The lowest BCUT2D eigenvalue weighted by molar-refractivity contribution is 0.222. The Morgan fingerprint density at radius 3 is 2.14 bits per heavy atom. The van der Waals surface area contributed by atoms with Crippen LogP contribution in [0.2, 0.25) is 0 Å². The van der Waals surface area contributed by atoms with Gasteiger partial charge in [-0.15, -0.1) is 0 Å². The molecule has 0 bridgehead atoms. The summed E-state index contributed by atoms with van der Waals surface area (Å²) in [6.45, 7) is 4.73. The number of rotatable bonds is 3. The van der Waals surface area contributed by atoms with Gasteiger partial charge in [-0.2, -0.15) is 0 Å². The summed E-state index contributed by atoms with van der Waals surface area (Å²) in [4.78, 5) is 0. The van der Waals surface area contributed by atoms with E-state index in [0.29, 0.717) is 11.3 Å². The molecule has 2 aromatic rings. The van der Waals surface area contributed by atoms with Crippen molar-refractivity contribution in [1.82, 2.24) is 0 Å². The fraction of sp³-hybridized carbons (Fsp3) is 0.400. The average Bonchev–Trinajstić information content (AvgIpc) is 2.87. The molecule has 3 rings (SSSR count). The van der Waals surface area contributed by atoms with Crippen molar-refractivity contribution in [3.63, 3.8) is 0 Å². The van der Waals surface area contributed by atoms with E-state index in [9.17, 15) is 0 Å². The van der Waals surface area contributed by atoms with Gasteiger partial charge >= 0.3 is 0 Å². The van der Waals surface area contributed by atoms with Crippen LogP contribution >= 0.6 is 0 Å². The number of hydrogen-bond acceptors (Lipinski definition) is 1. The molecule has 0 amide bonds. The predicted molar refractivity (Wildman–Crippen MR) is 89.9 cm³/mol. The molecule has 2 N–H and O–H groups in total. The molecule has 2 atom stereocenters. The molecule has 1 saturated carbocycles. The van der Waals surface area contributed by atoms with Crippen molar-refractivity contribution >= 4 is 0 Å². The van der Waals surface area contributed by atoms with Gasteiger partial charge in [0.25, 0.3) is 0 Å². The summed E-state index contributed by atoms with van der Waals surface area (Å²) >= 11 is 0. The first kappa shape index (κ1) is 14.3. The Bertz CT molecular complexity index is 583. The van der Waals surface area contributed by atoms with Crippen molar-refractivity contribution < 1.29 is 0 Å². The molecule has 110 valence electrons. The van der Waals surface area contributed by atoms with Crippen LogP contribution in [0.5, 0.6) is 0 Å². The van der Waals surface area contributed by atoms with Crippen molar-refractivity contribution in [2.45, 2.75) is 39.2 Å². The van der Waals surface area contributed by atoms with Gasteiger partial charge in [0.2, 0.25) is 0 Å². The van der Waals surface area contributed by atoms with Crippen molar-refractivity contribution in [3.8, 4) is 11.1 Å². The summed E-state index contributed by atoms with van der Waals surface area (Å²) < 4.78 is 0. The minimum absolute atomic E-state index is 0.160. The third-order valence-corrected chi connectivity index (χ3v) is 5.18. The van der Waals surface area contributed by atoms with E-state index in [1.165, 1.54) is 36.0 Å². The summed E-state index contributed by atoms with van der Waals surface area (Å²) in [5.41, 5.74) is 10.7. The highest BCUT2D eigenvalue weighted by Crippen LogP contribution is 2.47. The minimum atomic E-state index is 0.160. The Morgan fingerprint density at radius 1 is 0.952 bits per heavy atom. The topological polar surface area (TPSA) is 26.0 Å². The molecule has 21 heavy (non-hydrogen) atoms. The van der Waals surface area contributed by atoms with Crippen LogP contribution in [-0.4, -0.2) is 0 Å². The van der Waals surface area contributed by atoms with E-state index < -0.39 is 0 Å². The first-order valence-electron chi connectivity index (χ1n) is 7.99. The van der Waals surface area contributed by atoms with Gasteiger partial charge < -0.3 is 5.73 Å². The van der Waals surface area contributed by atoms with Gasteiger partial charge in [-0.1, -0.05) is 74.9 Å². The molecule has 1 nitrogen and oxygen atoms in total. The molecule has 1 aliphatic rings. The molecule has 0 spiro atoms. The largest absolute Gasteiger partial charge is 0.324 e. The van der Waals surface area contributed by atoms with Crippen LogP contribution in [0, 0.1) is 11.3 Å². The van der Waals surface area contributed by atoms with Gasteiger partial charge in [0.05, 0.1) is 0 Å². The quantitative estimate of drug-likeness (QED) is 0.823. The summed E-state index contributed by atoms with van der Waals surface area (Å²) in [5.74, 6) is 0.597. The van der Waals surface area contributed by atoms with E-state index in [-0.39, 0.29) is 6.04 Å². The third kappa shape index (κ3) is 2.89. The SMILES string of the molecule is CC1(C)CCCC1C(N)c1ccc(-c2ccccc2)cc1. The monoisotopic (exact) mass is 279 g/mol. The molecule has 0 heterocycles. The highest BCUT2D eigenvalue weighted by atomic mass is 14.7. The van der Waals surface area contributed by atoms with E-state index in [1.807, 2.05) is 0 Å². The Labute approximate surface area is 128 Å². The van der Waals surface area contributed by atoms with Crippen LogP contribution in [0.1, 0.15) is 44.7 Å². The maximum absolute atomic E-state index is 6.56. The zero-order valence-electron chi connectivity index (χ0n) is 13.0. The fourth-order valence-electron chi connectivity index (χ4n) is 3.78. The van der Waals surface area contributed by atoms with Gasteiger partial charge in [0.1, 0.15) is 0 Å². The molecule has 1 aliphatic carbocycles. The van der Waals surface area contributed by atoms with Gasteiger partial charge in [0.15, 0.2) is 0 Å². The molecule has 0 saturated heterocycles. The normalized spacial score (nSPS) is 22.1. The van der Waals surface area contributed by atoms with Crippen LogP contribution in [0.3, 0.4) is 0 Å². The fourth-order valence-corrected chi connectivity index (χ4v) is 3.78. The smallest absolute Gasteiger partial charge is 0.0328 e. The molecule has 0 radical (unpaired) electrons. The molecule has 1 heteroatoms. The molecule has 0 aromatic heterocycles. The second-order valence-electron chi connectivity index (χ2n) is 7.00. The van der Waals surface area contributed by atoms with E-state index >= 15 is 0 Å². The van der Waals surface area contributed by atoms with E-state index in [1.54, 1.807) is 0 Å². The lowest BCUT2D eigenvalue weighted by Crippen LogP contribution is -2.29. The van der Waals surface area contributed by atoms with E-state index in [4.69, 9.17) is 5.73 Å². The van der Waals surface area contributed by atoms with Gasteiger partial charge in [-0.05, 0) is 40.9 Å². The zero-order valence-corrected chi connectivity index (χ0v) is 13.0. The summed E-state index contributed by atoms with van der Waals surface area (Å²) in [6, 6.07) is 19.5. The minimum Gasteiger partial charge on any atom is -0.324 e. The van der Waals surface area contributed by atoms with Crippen LogP contribution in [0.25, 0.3) is 11.1 Å². The first-order chi connectivity index (χ1) is 10.1. The maximum Gasteiger partial charge on any atom is 0.0328 e. The zero-order chi connectivity index (χ0) is 14.9. The van der Waals surface area contributed by atoms with Crippen molar-refractivity contribution in [3.05, 3.63) is 60.2 Å². The molecular weight excluding hydrogens is 254 g/mol. The van der Waals surface area contributed by atoms with Crippen molar-refractivity contribution in [2.75, 3.05) is 0 Å². The molecule has 1 fully saturated rings. The van der Waals surface area contributed by atoms with Crippen molar-refractivity contribution in [2.24, 2.45) is 17.1 Å². The van der Waals surface area contributed by atoms with Crippen molar-refractivity contribution in [1.29, 1.82) is 0 Å². The lowest BCUT2D eigenvalue weighted by Gasteiger charge is -2.32. The summed E-state index contributed by atoms with van der Waals surface area (Å²) in [5, 5.41) is 0.